The number of likely N-dealkylation sites (tertiary alicyclic amines) is 1. The fourth-order valence-corrected chi connectivity index (χ4v) is 9.74. The van der Waals surface area contributed by atoms with Crippen LogP contribution >= 0.6 is 0 Å². The van der Waals surface area contributed by atoms with Gasteiger partial charge in [-0.15, -0.1) is 0 Å². The van der Waals surface area contributed by atoms with Crippen molar-refractivity contribution in [2.75, 3.05) is 13.2 Å². The predicted molar refractivity (Wildman–Crippen MR) is 165 cm³/mol. The summed E-state index contributed by atoms with van der Waals surface area (Å²) in [5.41, 5.74) is 0.579. The van der Waals surface area contributed by atoms with Gasteiger partial charge in [-0.05, 0) is 48.0 Å². The van der Waals surface area contributed by atoms with Crippen LogP contribution in [0, 0.1) is 22.7 Å². The number of carbonyl (C=O) groups is 2. The summed E-state index contributed by atoms with van der Waals surface area (Å²) < 4.78 is 12.9. The van der Waals surface area contributed by atoms with Crippen LogP contribution in [0.15, 0.2) is 91.0 Å². The first-order chi connectivity index (χ1) is 19.7. The van der Waals surface area contributed by atoms with Gasteiger partial charge in [0.05, 0.1) is 18.8 Å². The molecule has 2 unspecified atom stereocenters. The number of benzene rings is 3. The van der Waals surface area contributed by atoms with Gasteiger partial charge in [-0.25, -0.2) is 0 Å². The zero-order valence-corrected chi connectivity index (χ0v) is 26.1. The van der Waals surface area contributed by atoms with Crippen LogP contribution in [-0.2, 0) is 18.8 Å². The Morgan fingerprint density at radius 2 is 1.44 bits per heavy atom. The van der Waals surface area contributed by atoms with E-state index in [2.05, 4.69) is 88.4 Å². The molecule has 41 heavy (non-hydrogen) atoms. The van der Waals surface area contributed by atoms with Crippen LogP contribution in [0.2, 0.25) is 0 Å². The molecule has 216 valence electrons. The van der Waals surface area contributed by atoms with Gasteiger partial charge < -0.3 is 14.1 Å². The molecule has 6 heteroatoms. The van der Waals surface area contributed by atoms with Gasteiger partial charge in [-0.3, -0.25) is 9.59 Å². The molecular weight excluding hydrogens is 526 g/mol. The van der Waals surface area contributed by atoms with Crippen LogP contribution in [0.5, 0.6) is 0 Å². The summed E-state index contributed by atoms with van der Waals surface area (Å²) in [6.45, 7) is 11.4. The Hall–Kier alpha value is -3.22. The average molecular weight is 570 g/mol. The molecule has 5 nitrogen and oxygen atoms in total. The van der Waals surface area contributed by atoms with Crippen molar-refractivity contribution in [2.24, 2.45) is 22.7 Å². The molecule has 3 aromatic carbocycles. The second kappa shape index (κ2) is 11.9. The van der Waals surface area contributed by atoms with Crippen LogP contribution in [0.1, 0.15) is 59.1 Å². The first-order valence-corrected chi connectivity index (χ1v) is 16.6. The summed E-state index contributed by atoms with van der Waals surface area (Å²) in [6.07, 6.45) is 1.73. The van der Waals surface area contributed by atoms with Crippen LogP contribution in [0.25, 0.3) is 0 Å². The molecule has 3 aromatic rings. The third kappa shape index (κ3) is 5.91. The number of ether oxygens (including phenoxy) is 1. The molecule has 1 saturated heterocycles. The highest BCUT2D eigenvalue weighted by Crippen LogP contribution is 2.63. The average Bonchev–Trinajstić information content (AvgIpc) is 3.69. The Bertz CT molecular complexity index is 1280. The Kier molecular flexibility index (Phi) is 8.53. The standard InChI is InChI=1S/C35H43NO4Si/c1-6-39-32(38)30-29(24-36(31(30)37)25(2)26-16-10-7-11-17-26)35(22-23-35)33(34(3,4)5)40-41(27-18-12-8-13-19-27)28-20-14-9-15-21-28/h7-21,25,29-30,33,41H,6,22-24H2,1-5H3/t25-,29+,30?,33?/m0/s1. The third-order valence-electron chi connectivity index (χ3n) is 8.99. The molecule has 0 bridgehead atoms. The number of carbonyl (C=O) groups excluding carboxylic acids is 2. The van der Waals surface area contributed by atoms with Crippen molar-refractivity contribution in [3.05, 3.63) is 96.6 Å². The van der Waals surface area contributed by atoms with Gasteiger partial charge in [0.2, 0.25) is 14.9 Å². The van der Waals surface area contributed by atoms with E-state index in [4.69, 9.17) is 9.16 Å². The maximum absolute atomic E-state index is 14.1. The van der Waals surface area contributed by atoms with Crippen molar-refractivity contribution in [2.45, 2.75) is 59.6 Å². The number of rotatable bonds is 10. The monoisotopic (exact) mass is 569 g/mol. The highest BCUT2D eigenvalue weighted by Gasteiger charge is 2.66. The van der Waals surface area contributed by atoms with Gasteiger partial charge in [0, 0.05) is 17.9 Å². The van der Waals surface area contributed by atoms with Crippen molar-refractivity contribution in [3.8, 4) is 0 Å². The van der Waals surface area contributed by atoms with Gasteiger partial charge in [-0.1, -0.05) is 112 Å². The van der Waals surface area contributed by atoms with E-state index in [1.165, 1.54) is 10.4 Å². The molecule has 1 amide bonds. The first-order valence-electron chi connectivity index (χ1n) is 14.9. The SMILES string of the molecule is CCOC(=O)C1C(=O)N([C@@H](C)c2ccccc2)C[C@H]1C1(C(O[SiH](c2ccccc2)c2ccccc2)C(C)(C)C)CC1. The lowest BCUT2D eigenvalue weighted by molar-refractivity contribution is -0.155. The third-order valence-corrected chi connectivity index (χ3v) is 11.5. The molecule has 1 aliphatic carbocycles. The van der Waals surface area contributed by atoms with E-state index in [1.54, 1.807) is 6.92 Å². The summed E-state index contributed by atoms with van der Waals surface area (Å²) in [4.78, 5) is 29.4. The number of hydrogen-bond acceptors (Lipinski definition) is 4. The van der Waals surface area contributed by atoms with Crippen LogP contribution in [0.4, 0.5) is 0 Å². The predicted octanol–water partition coefficient (Wildman–Crippen LogP) is 5.14. The highest BCUT2D eigenvalue weighted by atomic mass is 28.3. The summed E-state index contributed by atoms with van der Waals surface area (Å²) in [5, 5.41) is 2.46. The number of nitrogens with zero attached hydrogens (tertiary/aromatic N) is 1. The van der Waals surface area contributed by atoms with Crippen LogP contribution < -0.4 is 10.4 Å². The quantitative estimate of drug-likeness (QED) is 0.193. The molecule has 1 heterocycles. The largest absolute Gasteiger partial charge is 0.465 e. The molecule has 0 radical (unpaired) electrons. The molecular formula is C35H43NO4Si. The summed E-state index contributed by atoms with van der Waals surface area (Å²) in [5.74, 6) is -1.51. The van der Waals surface area contributed by atoms with Crippen LogP contribution in [-0.4, -0.2) is 45.1 Å². The maximum Gasteiger partial charge on any atom is 0.318 e. The minimum Gasteiger partial charge on any atom is -0.465 e. The van der Waals surface area contributed by atoms with Crippen molar-refractivity contribution in [3.63, 3.8) is 0 Å². The smallest absolute Gasteiger partial charge is 0.318 e. The van der Waals surface area contributed by atoms with E-state index >= 15 is 0 Å². The van der Waals surface area contributed by atoms with Gasteiger partial charge in [-0.2, -0.15) is 0 Å². The van der Waals surface area contributed by atoms with Crippen molar-refractivity contribution < 1.29 is 18.8 Å². The lowest BCUT2D eigenvalue weighted by atomic mass is 9.70. The zero-order chi connectivity index (χ0) is 29.2. The van der Waals surface area contributed by atoms with E-state index in [0.717, 1.165) is 18.4 Å². The fraction of sp³-hybridized carbons (Fsp3) is 0.429. The summed E-state index contributed by atoms with van der Waals surface area (Å²) >= 11 is 0. The van der Waals surface area contributed by atoms with Gasteiger partial charge in [0.15, 0.2) is 0 Å². The molecule has 5 rings (SSSR count). The topological polar surface area (TPSA) is 55.8 Å². The molecule has 0 aromatic heterocycles. The number of amides is 1. The minimum absolute atomic E-state index is 0.122. The molecule has 4 atom stereocenters. The van der Waals surface area contributed by atoms with E-state index in [1.807, 2.05) is 35.2 Å². The summed E-state index contributed by atoms with van der Waals surface area (Å²) in [7, 11) is -2.08. The second-order valence-corrected chi connectivity index (χ2v) is 15.1. The fourth-order valence-electron chi connectivity index (χ4n) is 6.94. The molecule has 2 fully saturated rings. The Balaban J connectivity index is 1.54. The van der Waals surface area contributed by atoms with Crippen molar-refractivity contribution in [1.82, 2.24) is 4.90 Å². The zero-order valence-electron chi connectivity index (χ0n) is 25.0. The lowest BCUT2D eigenvalue weighted by Crippen LogP contribution is -2.54. The highest BCUT2D eigenvalue weighted by molar-refractivity contribution is 6.80. The van der Waals surface area contributed by atoms with Gasteiger partial charge in [0.1, 0.15) is 5.92 Å². The van der Waals surface area contributed by atoms with E-state index in [0.29, 0.717) is 6.54 Å². The normalized spacial score (nSPS) is 21.5. The van der Waals surface area contributed by atoms with Gasteiger partial charge >= 0.3 is 5.97 Å². The second-order valence-electron chi connectivity index (χ2n) is 12.7. The van der Waals surface area contributed by atoms with E-state index < -0.39 is 20.9 Å². The van der Waals surface area contributed by atoms with Crippen molar-refractivity contribution in [1.29, 1.82) is 0 Å². The number of esters is 1. The maximum atomic E-state index is 14.1. The molecule has 1 saturated carbocycles. The first kappa shape index (κ1) is 29.3. The summed E-state index contributed by atoms with van der Waals surface area (Å²) in [6, 6.07) is 31.0. The van der Waals surface area contributed by atoms with Gasteiger partial charge in [0.25, 0.3) is 0 Å². The Labute approximate surface area is 246 Å². The minimum atomic E-state index is -2.08. The Morgan fingerprint density at radius 3 is 1.90 bits per heavy atom. The number of hydrogen-bond donors (Lipinski definition) is 0. The van der Waals surface area contributed by atoms with E-state index in [9.17, 15) is 9.59 Å². The van der Waals surface area contributed by atoms with E-state index in [-0.39, 0.29) is 41.4 Å². The Morgan fingerprint density at radius 1 is 0.927 bits per heavy atom. The van der Waals surface area contributed by atoms with Crippen LogP contribution in [0.3, 0.4) is 0 Å². The van der Waals surface area contributed by atoms with Crippen molar-refractivity contribution >= 4 is 31.3 Å². The molecule has 1 aliphatic heterocycles. The lowest BCUT2D eigenvalue weighted by Gasteiger charge is -2.43. The molecule has 0 N–H and O–H groups in total. The molecule has 2 aliphatic rings. The molecule has 0 spiro atoms.